The van der Waals surface area contributed by atoms with Crippen LogP contribution in [0.25, 0.3) is 0 Å². The van der Waals surface area contributed by atoms with Crippen LogP contribution in [0.5, 0.6) is 0 Å². The van der Waals surface area contributed by atoms with Crippen molar-refractivity contribution in [2.24, 2.45) is 0 Å². The molecule has 30 heavy (non-hydrogen) atoms. The molecule has 0 amide bonds. The van der Waals surface area contributed by atoms with Gasteiger partial charge in [-0.05, 0) is 6.92 Å². The maximum Gasteiger partial charge on any atom is 0.312 e. The van der Waals surface area contributed by atoms with Crippen LogP contribution in [0.2, 0.25) is 6.82 Å². The molecule has 0 aliphatic carbocycles. The Hall–Kier alpha value is 5.86. The van der Waals surface area contributed by atoms with Crippen molar-refractivity contribution in [2.45, 2.75) is 75.0 Å². The molecule has 0 bridgehead atoms. The van der Waals surface area contributed by atoms with E-state index in [0.717, 1.165) is 0 Å². The minimum Gasteiger partial charge on any atom is -0.424 e. The van der Waals surface area contributed by atoms with Gasteiger partial charge in [0.05, 0.1) is 25.4 Å². The molecule has 16 heteroatoms. The van der Waals surface area contributed by atoms with Crippen molar-refractivity contribution in [2.75, 3.05) is 13.2 Å². The second-order valence-electron chi connectivity index (χ2n) is 6.66. The summed E-state index contributed by atoms with van der Waals surface area (Å²) in [6, 6.07) is 0. The maximum absolute atomic E-state index is 10.3. The number of aliphatic hydroxyl groups excluding tert-OH is 6. The summed E-state index contributed by atoms with van der Waals surface area (Å²) in [6.07, 6.45) is -12.0. The van der Waals surface area contributed by atoms with E-state index in [1.807, 2.05) is 0 Å². The molecule has 2 aliphatic heterocycles. The van der Waals surface area contributed by atoms with Gasteiger partial charge in [-0.15, -0.1) is 9.12 Å². The van der Waals surface area contributed by atoms with Crippen LogP contribution in [0.15, 0.2) is 0 Å². The van der Waals surface area contributed by atoms with Gasteiger partial charge in [-0.2, -0.15) is 0 Å². The predicted molar refractivity (Wildman–Crippen MR) is 92.3 cm³/mol. The Kier molecular flexibility index (Phi) is 26.7. The third-order valence-corrected chi connectivity index (χ3v) is 4.74. The fourth-order valence-electron chi connectivity index (χ4n) is 3.18. The van der Waals surface area contributed by atoms with Crippen molar-refractivity contribution in [3.05, 3.63) is 0 Å². The smallest absolute Gasteiger partial charge is 0.312 e. The van der Waals surface area contributed by atoms with Gasteiger partial charge in [0.2, 0.25) is 0 Å². The van der Waals surface area contributed by atoms with E-state index in [0.29, 0.717) is 0 Å². The van der Waals surface area contributed by atoms with E-state index in [4.69, 9.17) is 18.9 Å². The van der Waals surface area contributed by atoms with Crippen LogP contribution in [-0.4, -0.2) is 112 Å². The molecule has 0 saturated carbocycles. The van der Waals surface area contributed by atoms with Gasteiger partial charge in [-0.3, -0.25) is 0 Å². The Morgan fingerprint density at radius 2 is 1.27 bits per heavy atom. The van der Waals surface area contributed by atoms with E-state index in [1.54, 1.807) is 6.82 Å². The minimum atomic E-state index is -1.55. The van der Waals surface area contributed by atoms with Gasteiger partial charge < -0.3 is 49.5 Å². The average Bonchev–Trinajstić information content (AvgIpc) is 2.60. The molecule has 11 atom stereocenters. The van der Waals surface area contributed by atoms with Crippen LogP contribution in [0.1, 0.15) is 6.92 Å². The molecule has 2 fully saturated rings. The van der Waals surface area contributed by atoms with Gasteiger partial charge in [0, 0.05) is 176 Å². The molecule has 0 aromatic rings. The number of rotatable bonds is 6. The molecule has 5 unspecified atom stereocenters. The number of hydrogen-bond donors (Lipinski definition) is 6. The summed E-state index contributed by atoms with van der Waals surface area (Å²) in [5, 5.41) is 59.8. The Morgan fingerprint density at radius 3 is 1.73 bits per heavy atom. The molecule has 2 heterocycles. The minimum absolute atomic E-state index is 0. The van der Waals surface area contributed by atoms with Crippen LogP contribution in [0.4, 0.5) is 0 Å². The normalized spacial score (nSPS) is 40.7. The molecule has 2 rings (SSSR count). The first-order valence-corrected chi connectivity index (χ1v) is 9.19. The molecule has 0 aromatic carbocycles. The van der Waals surface area contributed by atoms with Gasteiger partial charge in [-0.1, -0.05) is 6.82 Å². The third kappa shape index (κ3) is 10.9. The number of aliphatic hydroxyl groups is 6. The van der Waals surface area contributed by atoms with Gasteiger partial charge in [0.25, 0.3) is 0 Å². The summed E-state index contributed by atoms with van der Waals surface area (Å²) >= 11 is 0. The predicted octanol–water partition coefficient (Wildman–Crippen LogP) is -3.31. The SMILES string of the molecule is CB(P)O[C@H]1C(CO)O[C@@H](O[C@H]2C(CO)O[C@@H](C)C(O)[C@H]2O)C(O)[C@H]1O.[Ac].[Ac].[Ac].[Ac]. The zero-order valence-electron chi connectivity index (χ0n) is 17.0. The van der Waals surface area contributed by atoms with Gasteiger partial charge in [0.1, 0.15) is 42.7 Å². The Balaban J connectivity index is -0.00000182. The van der Waals surface area contributed by atoms with Gasteiger partial charge in [0.15, 0.2) is 6.29 Å². The van der Waals surface area contributed by atoms with E-state index in [2.05, 4.69) is 9.12 Å². The van der Waals surface area contributed by atoms with E-state index >= 15 is 0 Å². The van der Waals surface area contributed by atoms with Crippen molar-refractivity contribution < 1.29 is 226 Å². The van der Waals surface area contributed by atoms with Crippen LogP contribution in [0.3, 0.4) is 0 Å². The largest absolute Gasteiger partial charge is 0.424 e. The first-order chi connectivity index (χ1) is 12.2. The molecule has 10 nitrogen and oxygen atoms in total. The summed E-state index contributed by atoms with van der Waals surface area (Å²) in [7, 11) is 2.37. The fraction of sp³-hybridized carbons (Fsp3) is 1.00. The molecular formula is C14H28Ac4BO10P. The molecule has 164 valence electrons. The first kappa shape index (κ1) is 40.4. The second-order valence-corrected chi connectivity index (χ2v) is 7.60. The Labute approximate surface area is 322 Å². The number of ether oxygens (including phenoxy) is 3. The fourth-order valence-corrected chi connectivity index (χ4v) is 3.36. The molecule has 0 aromatic heterocycles. The second kappa shape index (κ2) is 19.9. The van der Waals surface area contributed by atoms with Crippen molar-refractivity contribution in [3.63, 3.8) is 0 Å². The zero-order valence-corrected chi connectivity index (χ0v) is 37.1. The molecule has 2 saturated heterocycles. The molecule has 6 N–H and O–H groups in total. The molecular weight excluding hydrogens is 1280 g/mol. The van der Waals surface area contributed by atoms with Crippen LogP contribution < -0.4 is 0 Å². The summed E-state index contributed by atoms with van der Waals surface area (Å²) in [4.78, 5) is 0. The summed E-state index contributed by atoms with van der Waals surface area (Å²) < 4.78 is 21.9. The van der Waals surface area contributed by atoms with Crippen LogP contribution >= 0.6 is 9.12 Å². The Bertz CT molecular complexity index is 459. The van der Waals surface area contributed by atoms with Gasteiger partial charge in [-0.25, -0.2) is 0 Å². The first-order valence-electron chi connectivity index (χ1n) is 8.52. The van der Waals surface area contributed by atoms with Crippen LogP contribution in [0, 0.1) is 176 Å². The standard InChI is InChI=1S/C14H28BO10P.4Ac/c1-5-8(18)9(19)12(6(3-16)22-5)24-14-11(21)10(20)13(25-15(2)26)7(4-17)23-14;;;;/h5-14,16-21H,3-4,26H2,1-2H3;;;;/t5-,6?,7?,8?,9+,10+,11?,12-,13-,14-;;;;/m0..../s1. The summed E-state index contributed by atoms with van der Waals surface area (Å²) in [5.74, 6) is 0. The quantitative estimate of drug-likeness (QED) is 0.118. The third-order valence-electron chi connectivity index (χ3n) is 4.59. The van der Waals surface area contributed by atoms with Crippen molar-refractivity contribution in [1.29, 1.82) is 0 Å². The number of hydrogen-bond acceptors (Lipinski definition) is 10. The molecule has 0 spiro atoms. The summed E-state index contributed by atoms with van der Waals surface area (Å²) in [6.45, 7) is 1.88. The summed E-state index contributed by atoms with van der Waals surface area (Å²) in [5.41, 5.74) is 0. The Morgan fingerprint density at radius 1 is 0.800 bits per heavy atom. The van der Waals surface area contributed by atoms with E-state index in [1.165, 1.54) is 6.92 Å². The monoisotopic (exact) mass is 1310 g/mol. The van der Waals surface area contributed by atoms with Crippen molar-refractivity contribution >= 4 is 15.8 Å². The topological polar surface area (TPSA) is 158 Å². The van der Waals surface area contributed by atoms with Crippen molar-refractivity contribution in [3.8, 4) is 0 Å². The van der Waals surface area contributed by atoms with E-state index < -0.39 is 74.4 Å². The van der Waals surface area contributed by atoms with E-state index in [-0.39, 0.29) is 183 Å². The molecule has 4 radical (unpaired) electrons. The molecule has 2 aliphatic rings. The van der Waals surface area contributed by atoms with Gasteiger partial charge >= 0.3 is 6.64 Å². The van der Waals surface area contributed by atoms with Crippen LogP contribution in [-0.2, 0) is 18.9 Å². The van der Waals surface area contributed by atoms with Crippen molar-refractivity contribution in [1.82, 2.24) is 0 Å². The maximum atomic E-state index is 10.3. The zero-order chi connectivity index (χ0) is 19.6. The average molecular weight is 1310 g/mol. The van der Waals surface area contributed by atoms with E-state index in [9.17, 15) is 30.6 Å².